The normalized spacial score (nSPS) is 10.1. The van der Waals surface area contributed by atoms with E-state index in [1.54, 1.807) is 30.3 Å². The molecule has 0 saturated heterocycles. The first-order valence-corrected chi connectivity index (χ1v) is 7.21. The Hall–Kier alpha value is -1.72. The van der Waals surface area contributed by atoms with E-state index < -0.39 is 0 Å². The summed E-state index contributed by atoms with van der Waals surface area (Å²) in [6, 6.07) is 10.4. The molecule has 0 unspecified atom stereocenters. The van der Waals surface area contributed by atoms with Crippen molar-refractivity contribution in [3.05, 3.63) is 51.5 Å². The van der Waals surface area contributed by atoms with Crippen LogP contribution in [0.4, 0.5) is 5.69 Å². The van der Waals surface area contributed by atoms with Crippen LogP contribution in [0.3, 0.4) is 0 Å². The molecule has 1 N–H and O–H groups in total. The molecular weight excluding hydrogens is 358 g/mol. The molecule has 0 aliphatic rings. The van der Waals surface area contributed by atoms with Crippen molar-refractivity contribution in [1.82, 2.24) is 0 Å². The summed E-state index contributed by atoms with van der Waals surface area (Å²) in [5.74, 6) is 0.686. The second kappa shape index (κ2) is 6.83. The monoisotopic (exact) mass is 369 g/mol. The number of amides is 1. The predicted molar refractivity (Wildman–Crippen MR) is 86.7 cm³/mol. The number of hydrogen-bond donors (Lipinski definition) is 1. The highest BCUT2D eigenvalue weighted by Gasteiger charge is 2.15. The Bertz CT molecular complexity index is 676. The first-order chi connectivity index (χ1) is 10.1. The second-order valence-electron chi connectivity index (χ2n) is 4.12. The number of carbonyl (C=O) groups excluding carboxylic acids is 1. The van der Waals surface area contributed by atoms with E-state index in [-0.39, 0.29) is 5.91 Å². The van der Waals surface area contributed by atoms with Gasteiger partial charge in [0.15, 0.2) is 0 Å². The van der Waals surface area contributed by atoms with Gasteiger partial charge in [-0.1, -0.05) is 23.7 Å². The van der Waals surface area contributed by atoms with Crippen LogP contribution in [0.2, 0.25) is 5.02 Å². The van der Waals surface area contributed by atoms with Gasteiger partial charge in [0.25, 0.3) is 5.91 Å². The van der Waals surface area contributed by atoms with Crippen molar-refractivity contribution in [2.75, 3.05) is 19.5 Å². The number of rotatable bonds is 4. The molecule has 2 aromatic rings. The zero-order chi connectivity index (χ0) is 15.4. The van der Waals surface area contributed by atoms with E-state index in [1.165, 1.54) is 14.2 Å². The standard InChI is InChI=1S/C15H13BrClNO3/c1-20-13-8-14(21-2)12(7-11(13)17)18-15(19)9-5-3-4-6-10(9)16/h3-8H,1-2H3,(H,18,19). The molecule has 0 aliphatic heterocycles. The van der Waals surface area contributed by atoms with Crippen molar-refractivity contribution in [2.45, 2.75) is 0 Å². The molecule has 2 aromatic carbocycles. The van der Waals surface area contributed by atoms with Gasteiger partial charge in [-0.05, 0) is 34.1 Å². The Balaban J connectivity index is 2.33. The highest BCUT2D eigenvalue weighted by Crippen LogP contribution is 2.36. The maximum absolute atomic E-state index is 12.3. The predicted octanol–water partition coefficient (Wildman–Crippen LogP) is 4.37. The van der Waals surface area contributed by atoms with Crippen LogP contribution in [0.15, 0.2) is 40.9 Å². The van der Waals surface area contributed by atoms with E-state index in [2.05, 4.69) is 21.2 Å². The largest absolute Gasteiger partial charge is 0.495 e. The average Bonchev–Trinajstić information content (AvgIpc) is 2.48. The number of ether oxygens (including phenoxy) is 2. The number of carbonyl (C=O) groups is 1. The summed E-state index contributed by atoms with van der Waals surface area (Å²) in [4.78, 5) is 12.3. The van der Waals surface area contributed by atoms with Crippen molar-refractivity contribution >= 4 is 39.1 Å². The second-order valence-corrected chi connectivity index (χ2v) is 5.38. The smallest absolute Gasteiger partial charge is 0.256 e. The van der Waals surface area contributed by atoms with Crippen LogP contribution < -0.4 is 14.8 Å². The average molecular weight is 371 g/mol. The summed E-state index contributed by atoms with van der Waals surface area (Å²) in [7, 11) is 3.02. The van der Waals surface area contributed by atoms with Crippen LogP contribution in [0, 0.1) is 0 Å². The third-order valence-electron chi connectivity index (χ3n) is 2.84. The van der Waals surface area contributed by atoms with Gasteiger partial charge < -0.3 is 14.8 Å². The van der Waals surface area contributed by atoms with Crippen molar-refractivity contribution in [3.63, 3.8) is 0 Å². The summed E-state index contributed by atoms with van der Waals surface area (Å²) >= 11 is 9.42. The third kappa shape index (κ3) is 3.49. The van der Waals surface area contributed by atoms with Crippen molar-refractivity contribution in [1.29, 1.82) is 0 Å². The molecule has 0 aliphatic carbocycles. The first-order valence-electron chi connectivity index (χ1n) is 6.04. The van der Waals surface area contributed by atoms with Gasteiger partial charge >= 0.3 is 0 Å². The van der Waals surface area contributed by atoms with Gasteiger partial charge in [0.1, 0.15) is 11.5 Å². The van der Waals surface area contributed by atoms with Gasteiger partial charge in [-0.25, -0.2) is 0 Å². The van der Waals surface area contributed by atoms with Gasteiger partial charge in [0.2, 0.25) is 0 Å². The maximum atomic E-state index is 12.3. The van der Waals surface area contributed by atoms with E-state index >= 15 is 0 Å². The van der Waals surface area contributed by atoms with E-state index in [9.17, 15) is 4.79 Å². The molecule has 2 rings (SSSR count). The van der Waals surface area contributed by atoms with E-state index in [0.717, 1.165) is 0 Å². The molecule has 0 radical (unpaired) electrons. The van der Waals surface area contributed by atoms with Crippen LogP contribution in [-0.4, -0.2) is 20.1 Å². The molecule has 6 heteroatoms. The summed E-state index contributed by atoms with van der Waals surface area (Å²) < 4.78 is 11.1. The fourth-order valence-electron chi connectivity index (χ4n) is 1.79. The summed E-state index contributed by atoms with van der Waals surface area (Å²) in [5.41, 5.74) is 0.996. The van der Waals surface area contributed by atoms with Crippen molar-refractivity contribution < 1.29 is 14.3 Å². The van der Waals surface area contributed by atoms with E-state index in [4.69, 9.17) is 21.1 Å². The van der Waals surface area contributed by atoms with Crippen molar-refractivity contribution in [3.8, 4) is 11.5 Å². The lowest BCUT2D eigenvalue weighted by Gasteiger charge is -2.13. The lowest BCUT2D eigenvalue weighted by atomic mass is 10.2. The number of benzene rings is 2. The molecule has 0 aromatic heterocycles. The highest BCUT2D eigenvalue weighted by atomic mass is 79.9. The van der Waals surface area contributed by atoms with Gasteiger partial charge in [0, 0.05) is 10.5 Å². The van der Waals surface area contributed by atoms with Crippen molar-refractivity contribution in [2.24, 2.45) is 0 Å². The molecule has 21 heavy (non-hydrogen) atoms. The number of nitrogens with one attached hydrogen (secondary N) is 1. The Morgan fingerprint density at radius 1 is 1.14 bits per heavy atom. The fourth-order valence-corrected chi connectivity index (χ4v) is 2.50. The van der Waals surface area contributed by atoms with Gasteiger partial charge in [0.05, 0.1) is 30.5 Å². The van der Waals surface area contributed by atoms with Crippen LogP contribution >= 0.6 is 27.5 Å². The number of hydrogen-bond acceptors (Lipinski definition) is 3. The van der Waals surface area contributed by atoms with Gasteiger partial charge in [-0.3, -0.25) is 4.79 Å². The molecule has 110 valence electrons. The Morgan fingerprint density at radius 3 is 2.43 bits per heavy atom. The van der Waals surface area contributed by atoms with Crippen LogP contribution in [0.1, 0.15) is 10.4 Å². The minimum atomic E-state index is -0.262. The number of methoxy groups -OCH3 is 2. The van der Waals surface area contributed by atoms with E-state index in [1.807, 2.05) is 6.07 Å². The fraction of sp³-hybridized carbons (Fsp3) is 0.133. The van der Waals surface area contributed by atoms with Gasteiger partial charge in [-0.15, -0.1) is 0 Å². The molecule has 0 atom stereocenters. The zero-order valence-electron chi connectivity index (χ0n) is 11.4. The van der Waals surface area contributed by atoms with Crippen LogP contribution in [0.25, 0.3) is 0 Å². The van der Waals surface area contributed by atoms with Crippen LogP contribution in [-0.2, 0) is 0 Å². The lowest BCUT2D eigenvalue weighted by Crippen LogP contribution is -2.13. The molecule has 0 spiro atoms. The first kappa shape index (κ1) is 15.7. The SMILES string of the molecule is COc1cc(OC)c(NC(=O)c2ccccc2Br)cc1Cl. The molecule has 4 nitrogen and oxygen atoms in total. The lowest BCUT2D eigenvalue weighted by molar-refractivity contribution is 0.102. The topological polar surface area (TPSA) is 47.6 Å². The Labute approximate surface area is 136 Å². The highest BCUT2D eigenvalue weighted by molar-refractivity contribution is 9.10. The Morgan fingerprint density at radius 2 is 1.81 bits per heavy atom. The number of halogens is 2. The molecule has 1 amide bonds. The van der Waals surface area contributed by atoms with Gasteiger partial charge in [-0.2, -0.15) is 0 Å². The summed E-state index contributed by atoms with van der Waals surface area (Å²) in [6.07, 6.45) is 0. The maximum Gasteiger partial charge on any atom is 0.256 e. The quantitative estimate of drug-likeness (QED) is 0.869. The molecular formula is C15H13BrClNO3. The number of anilines is 1. The minimum Gasteiger partial charge on any atom is -0.495 e. The van der Waals surface area contributed by atoms with E-state index in [0.29, 0.717) is 32.2 Å². The Kier molecular flexibility index (Phi) is 5.09. The molecule has 0 fully saturated rings. The minimum absolute atomic E-state index is 0.262. The molecule has 0 saturated carbocycles. The molecule has 0 heterocycles. The van der Waals surface area contributed by atoms with Crippen LogP contribution in [0.5, 0.6) is 11.5 Å². The third-order valence-corrected chi connectivity index (χ3v) is 3.83. The summed E-state index contributed by atoms with van der Waals surface area (Å²) in [5, 5.41) is 3.17. The molecule has 0 bridgehead atoms. The zero-order valence-corrected chi connectivity index (χ0v) is 13.8. The summed E-state index contributed by atoms with van der Waals surface area (Å²) in [6.45, 7) is 0.